The summed E-state index contributed by atoms with van der Waals surface area (Å²) < 4.78 is 73.8. The molecule has 0 amide bonds. The SMILES string of the molecule is FC(F)(F)N(c1ccc(I)cc1)C(F)(F)F. The molecule has 0 radical (unpaired) electrons. The highest BCUT2D eigenvalue weighted by molar-refractivity contribution is 14.1. The molecular weight excluding hydrogens is 351 g/mol. The van der Waals surface area contributed by atoms with E-state index in [0.29, 0.717) is 3.57 Å². The van der Waals surface area contributed by atoms with E-state index in [1.807, 2.05) is 0 Å². The maximum atomic E-state index is 12.2. The molecule has 0 bridgehead atoms. The standard InChI is InChI=1S/C8H4F6IN/c9-7(10,11)16(8(12,13)14)6-3-1-5(15)2-4-6/h1-4H. The number of anilines is 1. The van der Waals surface area contributed by atoms with Gasteiger partial charge in [0.1, 0.15) is 0 Å². The lowest BCUT2D eigenvalue weighted by Crippen LogP contribution is -2.48. The van der Waals surface area contributed by atoms with Crippen molar-refractivity contribution in [3.8, 4) is 0 Å². The highest BCUT2D eigenvalue weighted by Gasteiger charge is 2.53. The number of hydrogen-bond acceptors (Lipinski definition) is 1. The Hall–Kier alpha value is -0.670. The average Bonchev–Trinajstić information content (AvgIpc) is 2.03. The summed E-state index contributed by atoms with van der Waals surface area (Å²) >= 11 is 1.78. The second-order valence-corrected chi connectivity index (χ2v) is 3.99. The summed E-state index contributed by atoms with van der Waals surface area (Å²) in [5.74, 6) is 0. The first-order valence-corrected chi connectivity index (χ1v) is 4.89. The van der Waals surface area contributed by atoms with Crippen molar-refractivity contribution in [2.24, 2.45) is 0 Å². The topological polar surface area (TPSA) is 3.24 Å². The summed E-state index contributed by atoms with van der Waals surface area (Å²) in [5, 5.41) is 0. The van der Waals surface area contributed by atoms with Gasteiger partial charge in [0.05, 0.1) is 5.69 Å². The molecule has 0 atom stereocenters. The van der Waals surface area contributed by atoms with E-state index in [1.165, 1.54) is 12.1 Å². The van der Waals surface area contributed by atoms with Gasteiger partial charge in [0.15, 0.2) is 0 Å². The molecule has 0 aliphatic carbocycles. The number of rotatable bonds is 1. The quantitative estimate of drug-likeness (QED) is 0.416. The molecule has 1 aromatic carbocycles. The largest absolute Gasteiger partial charge is 0.491 e. The van der Waals surface area contributed by atoms with Gasteiger partial charge in [0, 0.05) is 3.57 Å². The molecule has 90 valence electrons. The molecule has 0 fully saturated rings. The molecule has 0 N–H and O–H groups in total. The summed E-state index contributed by atoms with van der Waals surface area (Å²) in [5.41, 5.74) is -0.958. The Morgan fingerprint density at radius 2 is 1.19 bits per heavy atom. The van der Waals surface area contributed by atoms with Crippen LogP contribution in [0, 0.1) is 3.57 Å². The molecule has 0 aliphatic heterocycles. The fourth-order valence-corrected chi connectivity index (χ4v) is 1.39. The highest BCUT2D eigenvalue weighted by atomic mass is 127. The fourth-order valence-electron chi connectivity index (χ4n) is 1.03. The molecule has 8 heteroatoms. The Bertz CT molecular complexity index is 340. The third kappa shape index (κ3) is 3.16. The molecule has 0 saturated heterocycles. The minimum atomic E-state index is -5.50. The van der Waals surface area contributed by atoms with Gasteiger partial charge >= 0.3 is 12.6 Å². The van der Waals surface area contributed by atoms with E-state index in [9.17, 15) is 26.3 Å². The maximum Gasteiger partial charge on any atom is 0.491 e. The first-order valence-electron chi connectivity index (χ1n) is 3.82. The minimum Gasteiger partial charge on any atom is -0.194 e. The van der Waals surface area contributed by atoms with Crippen molar-refractivity contribution >= 4 is 28.3 Å². The molecule has 0 aromatic heterocycles. The number of halogens is 7. The first-order chi connectivity index (χ1) is 7.12. The smallest absolute Gasteiger partial charge is 0.194 e. The normalized spacial score (nSPS) is 12.7. The number of alkyl halides is 6. The zero-order valence-electron chi connectivity index (χ0n) is 7.40. The summed E-state index contributed by atoms with van der Waals surface area (Å²) in [6.07, 6.45) is -11.0. The van der Waals surface area contributed by atoms with Crippen LogP contribution in [0.25, 0.3) is 0 Å². The van der Waals surface area contributed by atoms with Crippen LogP contribution in [0.15, 0.2) is 24.3 Å². The van der Waals surface area contributed by atoms with Crippen molar-refractivity contribution in [3.63, 3.8) is 0 Å². The Morgan fingerprint density at radius 1 is 0.812 bits per heavy atom. The molecule has 16 heavy (non-hydrogen) atoms. The van der Waals surface area contributed by atoms with Gasteiger partial charge < -0.3 is 0 Å². The monoisotopic (exact) mass is 355 g/mol. The van der Waals surface area contributed by atoms with Gasteiger partial charge in [-0.15, -0.1) is 26.3 Å². The minimum absolute atomic E-state index is 0.547. The van der Waals surface area contributed by atoms with Gasteiger partial charge in [-0.3, -0.25) is 0 Å². The van der Waals surface area contributed by atoms with Crippen LogP contribution in [-0.4, -0.2) is 12.6 Å². The van der Waals surface area contributed by atoms with Crippen LogP contribution in [0.2, 0.25) is 0 Å². The van der Waals surface area contributed by atoms with Gasteiger partial charge in [-0.2, -0.15) is 4.90 Å². The lowest BCUT2D eigenvalue weighted by molar-refractivity contribution is -0.226. The Labute approximate surface area is 100 Å². The summed E-state index contributed by atoms with van der Waals surface area (Å²) in [7, 11) is 0. The van der Waals surface area contributed by atoms with E-state index < -0.39 is 23.2 Å². The second kappa shape index (κ2) is 4.30. The Balaban J connectivity index is 3.18. The molecule has 0 aliphatic rings. The molecular formula is C8H4F6IN. The van der Waals surface area contributed by atoms with Crippen LogP contribution in [-0.2, 0) is 0 Å². The van der Waals surface area contributed by atoms with E-state index in [2.05, 4.69) is 0 Å². The molecule has 1 aromatic rings. The van der Waals surface area contributed by atoms with E-state index >= 15 is 0 Å². The Kier molecular flexibility index (Phi) is 3.60. The highest BCUT2D eigenvalue weighted by Crippen LogP contribution is 2.38. The van der Waals surface area contributed by atoms with Crippen LogP contribution in [0.4, 0.5) is 32.0 Å². The Morgan fingerprint density at radius 3 is 1.50 bits per heavy atom. The first kappa shape index (κ1) is 13.4. The molecule has 1 rings (SSSR count). The van der Waals surface area contributed by atoms with Gasteiger partial charge in [-0.05, 0) is 46.9 Å². The van der Waals surface area contributed by atoms with Gasteiger partial charge in [-0.25, -0.2) is 0 Å². The third-order valence-electron chi connectivity index (χ3n) is 1.59. The zero-order chi connectivity index (χ0) is 12.6. The summed E-state index contributed by atoms with van der Waals surface area (Å²) in [4.78, 5) is -1.53. The van der Waals surface area contributed by atoms with Crippen molar-refractivity contribution in [1.29, 1.82) is 0 Å². The predicted molar refractivity (Wildman–Crippen MR) is 53.7 cm³/mol. The van der Waals surface area contributed by atoms with E-state index in [0.717, 1.165) is 12.1 Å². The molecule has 0 spiro atoms. The van der Waals surface area contributed by atoms with Crippen LogP contribution in [0.3, 0.4) is 0 Å². The molecule has 1 nitrogen and oxygen atoms in total. The van der Waals surface area contributed by atoms with Crippen molar-refractivity contribution in [3.05, 3.63) is 27.8 Å². The second-order valence-electron chi connectivity index (χ2n) is 2.75. The number of benzene rings is 1. The summed E-state index contributed by atoms with van der Waals surface area (Å²) in [6.45, 7) is 0. The molecule has 0 unspecified atom stereocenters. The van der Waals surface area contributed by atoms with Crippen LogP contribution in [0.5, 0.6) is 0 Å². The van der Waals surface area contributed by atoms with E-state index in [4.69, 9.17) is 0 Å². The summed E-state index contributed by atoms with van der Waals surface area (Å²) in [6, 6.07) is 3.87. The molecule has 0 saturated carbocycles. The lowest BCUT2D eigenvalue weighted by Gasteiger charge is -2.28. The molecule has 0 heterocycles. The average molecular weight is 355 g/mol. The van der Waals surface area contributed by atoms with Crippen molar-refractivity contribution in [1.82, 2.24) is 0 Å². The number of nitrogens with zero attached hydrogens (tertiary/aromatic N) is 1. The van der Waals surface area contributed by atoms with E-state index in [-0.39, 0.29) is 0 Å². The van der Waals surface area contributed by atoms with Crippen molar-refractivity contribution in [2.75, 3.05) is 4.90 Å². The van der Waals surface area contributed by atoms with Crippen molar-refractivity contribution in [2.45, 2.75) is 12.6 Å². The van der Waals surface area contributed by atoms with Crippen LogP contribution >= 0.6 is 22.6 Å². The van der Waals surface area contributed by atoms with Gasteiger partial charge in [0.25, 0.3) is 0 Å². The van der Waals surface area contributed by atoms with Gasteiger partial charge in [0.2, 0.25) is 0 Å². The van der Waals surface area contributed by atoms with Gasteiger partial charge in [-0.1, -0.05) is 0 Å². The third-order valence-corrected chi connectivity index (χ3v) is 2.31. The van der Waals surface area contributed by atoms with Crippen molar-refractivity contribution < 1.29 is 26.3 Å². The maximum absolute atomic E-state index is 12.2. The van der Waals surface area contributed by atoms with Crippen LogP contribution in [0.1, 0.15) is 0 Å². The predicted octanol–water partition coefficient (Wildman–Crippen LogP) is 4.14. The zero-order valence-corrected chi connectivity index (χ0v) is 9.56. The number of hydrogen-bond donors (Lipinski definition) is 0. The lowest BCUT2D eigenvalue weighted by atomic mass is 10.3. The fraction of sp³-hybridized carbons (Fsp3) is 0.250. The van der Waals surface area contributed by atoms with E-state index in [1.54, 1.807) is 22.6 Å². The van der Waals surface area contributed by atoms with Crippen LogP contribution < -0.4 is 4.90 Å².